The Bertz CT molecular complexity index is 672. The number of amides is 2. The van der Waals surface area contributed by atoms with Crippen LogP contribution in [0.1, 0.15) is 16.1 Å². The smallest absolute Gasteiger partial charge is 0.268 e. The molecule has 1 aromatic carbocycles. The number of aromatic nitrogens is 1. The molecule has 0 spiro atoms. The Labute approximate surface area is 120 Å². The first-order valence-corrected chi connectivity index (χ1v) is 6.10. The Kier molecular flexibility index (Phi) is 4.76. The SMILES string of the molecule is O=C(/C=C/c1cccc(F)c1)NNC(=O)c1ccccn1. The molecule has 106 valence electrons. The number of nitrogens with zero attached hydrogens (tertiary/aromatic N) is 1. The van der Waals surface area contributed by atoms with Crippen LogP contribution in [0.15, 0.2) is 54.7 Å². The largest absolute Gasteiger partial charge is 0.288 e. The van der Waals surface area contributed by atoms with Crippen molar-refractivity contribution in [3.05, 3.63) is 71.8 Å². The molecule has 6 heteroatoms. The van der Waals surface area contributed by atoms with Gasteiger partial charge in [-0.2, -0.15) is 0 Å². The quantitative estimate of drug-likeness (QED) is 0.666. The van der Waals surface area contributed by atoms with Crippen LogP contribution in [0.5, 0.6) is 0 Å². The molecular weight excluding hydrogens is 273 g/mol. The van der Waals surface area contributed by atoms with Gasteiger partial charge in [0.2, 0.25) is 0 Å². The van der Waals surface area contributed by atoms with E-state index >= 15 is 0 Å². The molecular formula is C15H12FN3O2. The van der Waals surface area contributed by atoms with Crippen LogP contribution in [0.25, 0.3) is 6.08 Å². The van der Waals surface area contributed by atoms with Crippen molar-refractivity contribution in [3.8, 4) is 0 Å². The van der Waals surface area contributed by atoms with Gasteiger partial charge in [-0.05, 0) is 35.9 Å². The first-order valence-electron chi connectivity index (χ1n) is 6.10. The molecule has 0 aliphatic heterocycles. The maximum absolute atomic E-state index is 12.9. The molecule has 5 nitrogen and oxygen atoms in total. The summed E-state index contributed by atoms with van der Waals surface area (Å²) in [6.45, 7) is 0. The lowest BCUT2D eigenvalue weighted by molar-refractivity contribution is -0.117. The molecule has 0 saturated carbocycles. The standard InChI is InChI=1S/C15H12FN3O2/c16-12-5-3-4-11(10-12)7-8-14(20)18-19-15(21)13-6-1-2-9-17-13/h1-10H,(H,18,20)(H,19,21)/b8-7+. The number of hydrogen-bond acceptors (Lipinski definition) is 3. The van der Waals surface area contributed by atoms with Crippen molar-refractivity contribution < 1.29 is 14.0 Å². The van der Waals surface area contributed by atoms with E-state index in [1.54, 1.807) is 18.2 Å². The van der Waals surface area contributed by atoms with Crippen LogP contribution in [-0.4, -0.2) is 16.8 Å². The van der Waals surface area contributed by atoms with E-state index in [-0.39, 0.29) is 11.5 Å². The van der Waals surface area contributed by atoms with Gasteiger partial charge in [0.15, 0.2) is 0 Å². The van der Waals surface area contributed by atoms with Crippen LogP contribution >= 0.6 is 0 Å². The molecule has 0 atom stereocenters. The fourth-order valence-corrected chi connectivity index (χ4v) is 1.50. The predicted molar refractivity (Wildman–Crippen MR) is 75.3 cm³/mol. The van der Waals surface area contributed by atoms with Gasteiger partial charge < -0.3 is 0 Å². The summed E-state index contributed by atoms with van der Waals surface area (Å²) in [5, 5.41) is 0. The molecule has 0 bridgehead atoms. The molecule has 2 N–H and O–H groups in total. The van der Waals surface area contributed by atoms with Gasteiger partial charge in [0.05, 0.1) is 0 Å². The molecule has 21 heavy (non-hydrogen) atoms. The third-order valence-electron chi connectivity index (χ3n) is 2.47. The van der Waals surface area contributed by atoms with Crippen molar-refractivity contribution in [2.24, 2.45) is 0 Å². The Morgan fingerprint density at radius 2 is 1.95 bits per heavy atom. The highest BCUT2D eigenvalue weighted by molar-refractivity contribution is 5.96. The Morgan fingerprint density at radius 1 is 1.10 bits per heavy atom. The number of hydrogen-bond donors (Lipinski definition) is 2. The van der Waals surface area contributed by atoms with E-state index in [9.17, 15) is 14.0 Å². The maximum Gasteiger partial charge on any atom is 0.288 e. The Balaban J connectivity index is 1.86. The summed E-state index contributed by atoms with van der Waals surface area (Å²) < 4.78 is 12.9. The lowest BCUT2D eigenvalue weighted by atomic mass is 10.2. The molecule has 0 aliphatic carbocycles. The molecule has 1 heterocycles. The van der Waals surface area contributed by atoms with E-state index in [2.05, 4.69) is 15.8 Å². The normalized spacial score (nSPS) is 10.3. The summed E-state index contributed by atoms with van der Waals surface area (Å²) in [4.78, 5) is 27.0. The minimum atomic E-state index is -0.538. The van der Waals surface area contributed by atoms with Crippen molar-refractivity contribution in [2.75, 3.05) is 0 Å². The Hall–Kier alpha value is -3.02. The van der Waals surface area contributed by atoms with Crippen molar-refractivity contribution in [1.29, 1.82) is 0 Å². The van der Waals surface area contributed by atoms with Gasteiger partial charge >= 0.3 is 0 Å². The molecule has 0 radical (unpaired) electrons. The molecule has 1 aromatic heterocycles. The minimum absolute atomic E-state index is 0.187. The van der Waals surface area contributed by atoms with E-state index in [1.807, 2.05) is 0 Å². The van der Waals surface area contributed by atoms with E-state index in [4.69, 9.17) is 0 Å². The summed E-state index contributed by atoms with van der Waals surface area (Å²) in [5.41, 5.74) is 5.16. The summed E-state index contributed by atoms with van der Waals surface area (Å²) in [6, 6.07) is 10.6. The topological polar surface area (TPSA) is 71.1 Å². The second-order valence-corrected chi connectivity index (χ2v) is 4.05. The van der Waals surface area contributed by atoms with Crippen LogP contribution in [0.3, 0.4) is 0 Å². The van der Waals surface area contributed by atoms with Gasteiger partial charge in [0.1, 0.15) is 11.5 Å². The second-order valence-electron chi connectivity index (χ2n) is 4.05. The van der Waals surface area contributed by atoms with Crippen molar-refractivity contribution in [3.63, 3.8) is 0 Å². The number of hydrazine groups is 1. The third kappa shape index (κ3) is 4.54. The first kappa shape index (κ1) is 14.4. The van der Waals surface area contributed by atoms with E-state index < -0.39 is 11.8 Å². The zero-order chi connectivity index (χ0) is 15.1. The predicted octanol–water partition coefficient (Wildman–Crippen LogP) is 1.70. The van der Waals surface area contributed by atoms with Gasteiger partial charge in [0, 0.05) is 12.3 Å². The second kappa shape index (κ2) is 6.95. The summed E-state index contributed by atoms with van der Waals surface area (Å²) in [5.74, 6) is -1.45. The van der Waals surface area contributed by atoms with Gasteiger partial charge in [-0.1, -0.05) is 18.2 Å². The monoisotopic (exact) mass is 285 g/mol. The molecule has 0 fully saturated rings. The molecule has 0 unspecified atom stereocenters. The highest BCUT2D eigenvalue weighted by Crippen LogP contribution is 2.04. The van der Waals surface area contributed by atoms with Crippen molar-refractivity contribution in [2.45, 2.75) is 0 Å². The van der Waals surface area contributed by atoms with E-state index in [0.717, 1.165) is 0 Å². The number of benzene rings is 1. The number of halogens is 1. The summed E-state index contributed by atoms with van der Waals surface area (Å²) in [6.07, 6.45) is 4.10. The minimum Gasteiger partial charge on any atom is -0.268 e. The van der Waals surface area contributed by atoms with E-state index in [0.29, 0.717) is 5.56 Å². The van der Waals surface area contributed by atoms with Crippen LogP contribution in [-0.2, 0) is 4.79 Å². The molecule has 2 aromatic rings. The lowest BCUT2D eigenvalue weighted by Crippen LogP contribution is -2.41. The molecule has 2 rings (SSSR count). The van der Waals surface area contributed by atoms with Crippen molar-refractivity contribution in [1.82, 2.24) is 15.8 Å². The fraction of sp³-hybridized carbons (Fsp3) is 0. The molecule has 2 amide bonds. The van der Waals surface area contributed by atoms with Crippen molar-refractivity contribution >= 4 is 17.9 Å². The number of nitrogens with one attached hydrogen (secondary N) is 2. The highest BCUT2D eigenvalue weighted by atomic mass is 19.1. The lowest BCUT2D eigenvalue weighted by Gasteiger charge is -2.04. The first-order chi connectivity index (χ1) is 10.1. The van der Waals surface area contributed by atoms with Crippen LogP contribution in [0.4, 0.5) is 4.39 Å². The number of pyridine rings is 1. The van der Waals surface area contributed by atoms with Gasteiger partial charge in [0.25, 0.3) is 11.8 Å². The van der Waals surface area contributed by atoms with E-state index in [1.165, 1.54) is 42.6 Å². The molecule has 0 aliphatic rings. The number of carbonyl (C=O) groups excluding carboxylic acids is 2. The highest BCUT2D eigenvalue weighted by Gasteiger charge is 2.05. The average molecular weight is 285 g/mol. The third-order valence-corrected chi connectivity index (χ3v) is 2.47. The average Bonchev–Trinajstić information content (AvgIpc) is 2.51. The zero-order valence-corrected chi connectivity index (χ0v) is 10.9. The summed E-state index contributed by atoms with van der Waals surface area (Å²) >= 11 is 0. The van der Waals surface area contributed by atoms with Crippen LogP contribution in [0.2, 0.25) is 0 Å². The summed E-state index contributed by atoms with van der Waals surface area (Å²) in [7, 11) is 0. The van der Waals surface area contributed by atoms with Gasteiger partial charge in [-0.15, -0.1) is 0 Å². The fourth-order valence-electron chi connectivity index (χ4n) is 1.50. The zero-order valence-electron chi connectivity index (χ0n) is 10.9. The number of carbonyl (C=O) groups is 2. The molecule has 0 saturated heterocycles. The van der Waals surface area contributed by atoms with Crippen LogP contribution < -0.4 is 10.9 Å². The van der Waals surface area contributed by atoms with Gasteiger partial charge in [-0.25, -0.2) is 4.39 Å². The van der Waals surface area contributed by atoms with Crippen LogP contribution in [0, 0.1) is 5.82 Å². The Morgan fingerprint density at radius 3 is 2.67 bits per heavy atom. The number of rotatable bonds is 3. The maximum atomic E-state index is 12.9. The van der Waals surface area contributed by atoms with Gasteiger partial charge in [-0.3, -0.25) is 25.4 Å².